The first-order valence-corrected chi connectivity index (χ1v) is 10.2. The molecule has 1 heterocycles. The number of benzene rings is 2. The Hall–Kier alpha value is -3.47. The van der Waals surface area contributed by atoms with E-state index in [2.05, 4.69) is 15.2 Å². The Kier molecular flexibility index (Phi) is 6.01. The number of rotatable bonds is 8. The minimum Gasteiger partial charge on any atom is -0.496 e. The monoisotopic (exact) mass is 435 g/mol. The van der Waals surface area contributed by atoms with Crippen molar-refractivity contribution in [1.29, 1.82) is 0 Å². The number of anilines is 1. The topological polar surface area (TPSA) is 129 Å². The van der Waals surface area contributed by atoms with E-state index >= 15 is 0 Å². The van der Waals surface area contributed by atoms with Crippen LogP contribution in [-0.2, 0) is 21.4 Å². The molecule has 1 amide bonds. The summed E-state index contributed by atoms with van der Waals surface area (Å²) in [6, 6.07) is 8.02. The van der Waals surface area contributed by atoms with E-state index in [0.29, 0.717) is 22.3 Å². The molecule has 160 valence electrons. The molecule has 0 aliphatic carbocycles. The highest BCUT2D eigenvalue weighted by atomic mass is 32.2. The molecule has 11 heteroatoms. The van der Waals surface area contributed by atoms with Gasteiger partial charge < -0.3 is 24.1 Å². The number of carbonyl (C=O) groups is 1. The third-order valence-electron chi connectivity index (χ3n) is 4.24. The van der Waals surface area contributed by atoms with Crippen molar-refractivity contribution in [2.45, 2.75) is 18.4 Å². The zero-order valence-electron chi connectivity index (χ0n) is 16.8. The smallest absolute Gasteiger partial charge is 0.270 e. The Morgan fingerprint density at radius 2 is 1.70 bits per heavy atom. The lowest BCUT2D eigenvalue weighted by molar-refractivity contribution is -0.119. The predicted molar refractivity (Wildman–Crippen MR) is 108 cm³/mol. The number of aromatic nitrogens is 1. The summed E-state index contributed by atoms with van der Waals surface area (Å²) >= 11 is 0. The minimum atomic E-state index is -4.20. The van der Waals surface area contributed by atoms with Crippen LogP contribution in [0.1, 0.15) is 12.5 Å². The minimum absolute atomic E-state index is 0.0334. The van der Waals surface area contributed by atoms with Crippen LogP contribution < -0.4 is 24.2 Å². The van der Waals surface area contributed by atoms with E-state index in [1.165, 1.54) is 40.4 Å². The first-order chi connectivity index (χ1) is 14.3. The second-order valence-corrected chi connectivity index (χ2v) is 7.83. The standard InChI is InChI=1S/C19H21N3O7S/c1-11(23)20-10-12-8-15(27-3)18(16(9-12)28-4)30(24,25)22-19-17-13(26-2)6-5-7-14(17)29-21-19/h5-9H,10H2,1-4H3,(H,20,23)(H,21,22). The molecule has 2 aromatic carbocycles. The average Bonchev–Trinajstić information content (AvgIpc) is 3.13. The maximum Gasteiger partial charge on any atom is 0.270 e. The van der Waals surface area contributed by atoms with Crippen LogP contribution in [0.25, 0.3) is 11.0 Å². The molecule has 0 fully saturated rings. The Morgan fingerprint density at radius 1 is 1.07 bits per heavy atom. The molecule has 1 aromatic heterocycles. The van der Waals surface area contributed by atoms with Crippen LogP contribution in [0.15, 0.2) is 39.8 Å². The van der Waals surface area contributed by atoms with E-state index in [4.69, 9.17) is 18.7 Å². The number of carbonyl (C=O) groups excluding carboxylic acids is 1. The van der Waals surface area contributed by atoms with Crippen molar-refractivity contribution in [2.24, 2.45) is 0 Å². The normalized spacial score (nSPS) is 11.2. The van der Waals surface area contributed by atoms with Gasteiger partial charge in [0.2, 0.25) is 5.91 Å². The summed E-state index contributed by atoms with van der Waals surface area (Å²) in [5, 5.41) is 6.84. The van der Waals surface area contributed by atoms with Gasteiger partial charge in [0.25, 0.3) is 10.0 Å². The second-order valence-electron chi connectivity index (χ2n) is 6.21. The number of nitrogens with zero attached hydrogens (tertiary/aromatic N) is 1. The first-order valence-electron chi connectivity index (χ1n) is 8.75. The van der Waals surface area contributed by atoms with Gasteiger partial charge in [-0.25, -0.2) is 8.42 Å². The highest BCUT2D eigenvalue weighted by Gasteiger charge is 2.28. The zero-order chi connectivity index (χ0) is 21.9. The predicted octanol–water partition coefficient (Wildman–Crippen LogP) is 2.29. The fourth-order valence-electron chi connectivity index (χ4n) is 2.91. The van der Waals surface area contributed by atoms with E-state index in [1.807, 2.05) is 0 Å². The van der Waals surface area contributed by atoms with Crippen LogP contribution in [0.3, 0.4) is 0 Å². The molecule has 0 unspecified atom stereocenters. The quantitative estimate of drug-likeness (QED) is 0.551. The molecule has 30 heavy (non-hydrogen) atoms. The molecule has 0 saturated carbocycles. The molecule has 3 aromatic rings. The fourth-order valence-corrected chi connectivity index (χ4v) is 4.22. The van der Waals surface area contributed by atoms with Crippen molar-refractivity contribution in [1.82, 2.24) is 10.5 Å². The van der Waals surface area contributed by atoms with E-state index in [1.54, 1.807) is 18.2 Å². The zero-order valence-corrected chi connectivity index (χ0v) is 17.6. The SMILES string of the molecule is COc1cc(CNC(C)=O)cc(OC)c1S(=O)(=O)Nc1noc2cccc(OC)c12. The van der Waals surface area contributed by atoms with E-state index in [0.717, 1.165) is 0 Å². The number of hydrogen-bond acceptors (Lipinski definition) is 8. The fraction of sp³-hybridized carbons (Fsp3) is 0.263. The van der Waals surface area contributed by atoms with Crippen LogP contribution in [0.5, 0.6) is 17.2 Å². The van der Waals surface area contributed by atoms with Crippen molar-refractivity contribution in [3.63, 3.8) is 0 Å². The lowest BCUT2D eigenvalue weighted by Gasteiger charge is -2.16. The Balaban J connectivity index is 2.07. The van der Waals surface area contributed by atoms with Gasteiger partial charge in [-0.3, -0.25) is 9.52 Å². The number of nitrogens with one attached hydrogen (secondary N) is 2. The molecule has 0 saturated heterocycles. The number of fused-ring (bicyclic) bond motifs is 1. The van der Waals surface area contributed by atoms with Gasteiger partial charge >= 0.3 is 0 Å². The number of sulfonamides is 1. The van der Waals surface area contributed by atoms with Gasteiger partial charge in [-0.05, 0) is 29.8 Å². The summed E-state index contributed by atoms with van der Waals surface area (Å²) < 4.78 is 49.9. The third kappa shape index (κ3) is 4.10. The van der Waals surface area contributed by atoms with Gasteiger partial charge in [0.15, 0.2) is 16.3 Å². The van der Waals surface area contributed by atoms with Crippen molar-refractivity contribution >= 4 is 32.7 Å². The molecule has 0 aliphatic rings. The van der Waals surface area contributed by atoms with Crippen molar-refractivity contribution in [3.05, 3.63) is 35.9 Å². The molecular weight excluding hydrogens is 414 g/mol. The largest absolute Gasteiger partial charge is 0.496 e. The van der Waals surface area contributed by atoms with Gasteiger partial charge in [0.05, 0.1) is 21.3 Å². The highest BCUT2D eigenvalue weighted by molar-refractivity contribution is 7.93. The number of ether oxygens (including phenoxy) is 3. The lowest BCUT2D eigenvalue weighted by Crippen LogP contribution is -2.20. The Labute approximate surface area is 173 Å². The summed E-state index contributed by atoms with van der Waals surface area (Å²) in [6.07, 6.45) is 0. The van der Waals surface area contributed by atoms with E-state index in [9.17, 15) is 13.2 Å². The molecular formula is C19H21N3O7S. The highest BCUT2D eigenvalue weighted by Crippen LogP contribution is 2.38. The summed E-state index contributed by atoms with van der Waals surface area (Å²) in [4.78, 5) is 11.0. The second kappa shape index (κ2) is 8.49. The van der Waals surface area contributed by atoms with E-state index < -0.39 is 10.0 Å². The molecule has 0 radical (unpaired) electrons. The average molecular weight is 435 g/mol. The lowest BCUT2D eigenvalue weighted by atomic mass is 10.2. The van der Waals surface area contributed by atoms with E-state index in [-0.39, 0.29) is 34.7 Å². The molecule has 0 aliphatic heterocycles. The molecule has 3 rings (SSSR count). The molecule has 10 nitrogen and oxygen atoms in total. The van der Waals surface area contributed by atoms with Crippen molar-refractivity contribution in [3.8, 4) is 17.2 Å². The Bertz CT molecular complexity index is 1160. The van der Waals surface area contributed by atoms with Gasteiger partial charge in [0.1, 0.15) is 22.6 Å². The van der Waals surface area contributed by atoms with Gasteiger partial charge in [0, 0.05) is 13.5 Å². The maximum atomic E-state index is 13.2. The summed E-state index contributed by atoms with van der Waals surface area (Å²) in [5.41, 5.74) is 0.961. The first kappa shape index (κ1) is 21.2. The van der Waals surface area contributed by atoms with Crippen LogP contribution >= 0.6 is 0 Å². The number of amides is 1. The third-order valence-corrected chi connectivity index (χ3v) is 5.64. The van der Waals surface area contributed by atoms with Crippen LogP contribution in [-0.4, -0.2) is 40.8 Å². The number of methoxy groups -OCH3 is 3. The van der Waals surface area contributed by atoms with Gasteiger partial charge in [-0.2, -0.15) is 0 Å². The summed E-state index contributed by atoms with van der Waals surface area (Å²) in [5.74, 6) is 0.229. The van der Waals surface area contributed by atoms with Crippen molar-refractivity contribution < 1.29 is 31.9 Å². The van der Waals surface area contributed by atoms with Gasteiger partial charge in [-0.1, -0.05) is 11.2 Å². The summed E-state index contributed by atoms with van der Waals surface area (Å²) in [6.45, 7) is 1.56. The molecule has 0 bridgehead atoms. The maximum absolute atomic E-state index is 13.2. The molecule has 0 atom stereocenters. The summed E-state index contributed by atoms with van der Waals surface area (Å²) in [7, 11) is -0.0648. The van der Waals surface area contributed by atoms with Crippen LogP contribution in [0.4, 0.5) is 5.82 Å². The van der Waals surface area contributed by atoms with Crippen LogP contribution in [0.2, 0.25) is 0 Å². The van der Waals surface area contributed by atoms with Gasteiger partial charge in [-0.15, -0.1) is 0 Å². The number of hydrogen-bond donors (Lipinski definition) is 2. The Morgan fingerprint density at radius 3 is 2.27 bits per heavy atom. The molecule has 2 N–H and O–H groups in total. The molecule has 0 spiro atoms. The van der Waals surface area contributed by atoms with Crippen LogP contribution in [0, 0.1) is 0 Å². The van der Waals surface area contributed by atoms with Crippen molar-refractivity contribution in [2.75, 3.05) is 26.1 Å².